The van der Waals surface area contributed by atoms with E-state index in [0.717, 1.165) is 0 Å². The van der Waals surface area contributed by atoms with E-state index in [1.165, 1.54) is 13.8 Å². The van der Waals surface area contributed by atoms with Crippen molar-refractivity contribution in [2.45, 2.75) is 39.9 Å². The van der Waals surface area contributed by atoms with Crippen molar-refractivity contribution in [2.75, 3.05) is 19.8 Å². The lowest BCUT2D eigenvalue weighted by Gasteiger charge is -2.10. The van der Waals surface area contributed by atoms with Gasteiger partial charge in [0.1, 0.15) is 6.61 Å². The Morgan fingerprint density at radius 2 is 1.87 bits per heavy atom. The molecule has 0 aliphatic rings. The third kappa shape index (κ3) is 19.7. The largest absolute Gasteiger partial charge is 0.463 e. The molecule has 0 aromatic carbocycles. The van der Waals surface area contributed by atoms with Gasteiger partial charge in [-0.1, -0.05) is 0 Å². The minimum atomic E-state index is -0.560. The fraction of sp³-hybridized carbons (Fsp3) is 0.900. The highest BCUT2D eigenvalue weighted by Gasteiger charge is 2.01. The number of rotatable bonds is 5. The predicted molar refractivity (Wildman–Crippen MR) is 56.5 cm³/mol. The van der Waals surface area contributed by atoms with Gasteiger partial charge in [0.25, 0.3) is 0 Å². The Kier molecular flexibility index (Phi) is 12.8. The maximum Gasteiger partial charge on any atom is 0.302 e. The molecule has 0 heterocycles. The molecule has 0 radical (unpaired) electrons. The molecule has 2 unspecified atom stereocenters. The number of esters is 1. The van der Waals surface area contributed by atoms with Gasteiger partial charge in [-0.25, -0.2) is 0 Å². The van der Waals surface area contributed by atoms with Gasteiger partial charge in [0, 0.05) is 13.5 Å². The van der Waals surface area contributed by atoms with Gasteiger partial charge in [0.15, 0.2) is 0 Å². The Balaban J connectivity index is 0. The van der Waals surface area contributed by atoms with Gasteiger partial charge < -0.3 is 19.7 Å². The van der Waals surface area contributed by atoms with Crippen molar-refractivity contribution >= 4 is 5.97 Å². The van der Waals surface area contributed by atoms with E-state index >= 15 is 0 Å². The molecular formula is C10H22O5. The quantitative estimate of drug-likeness (QED) is 0.656. The normalized spacial score (nSPS) is 13.5. The second kappa shape index (κ2) is 11.4. The van der Waals surface area contributed by atoms with E-state index in [1.807, 2.05) is 13.8 Å². The number of aliphatic hydroxyl groups is 2. The first kappa shape index (κ1) is 16.8. The molecular weight excluding hydrogens is 200 g/mol. The highest BCUT2D eigenvalue weighted by atomic mass is 16.6. The van der Waals surface area contributed by atoms with Crippen LogP contribution in [0, 0.1) is 0 Å². The van der Waals surface area contributed by atoms with E-state index in [9.17, 15) is 4.79 Å². The van der Waals surface area contributed by atoms with E-state index in [1.54, 1.807) is 0 Å². The minimum Gasteiger partial charge on any atom is -0.463 e. The molecule has 0 saturated heterocycles. The van der Waals surface area contributed by atoms with Gasteiger partial charge in [0.2, 0.25) is 0 Å². The number of carbonyl (C=O) groups excluding carboxylic acids is 1. The number of carbonyl (C=O) groups is 1. The zero-order chi connectivity index (χ0) is 12.3. The molecule has 0 aliphatic carbocycles. The summed E-state index contributed by atoms with van der Waals surface area (Å²) in [5.41, 5.74) is 0. The number of hydrogen-bond acceptors (Lipinski definition) is 5. The molecule has 0 spiro atoms. The van der Waals surface area contributed by atoms with Crippen LogP contribution < -0.4 is 0 Å². The van der Waals surface area contributed by atoms with Gasteiger partial charge in [-0.15, -0.1) is 0 Å². The number of ether oxygens (including phenoxy) is 2. The maximum absolute atomic E-state index is 10.3. The molecule has 0 amide bonds. The third-order valence-electron chi connectivity index (χ3n) is 1.24. The van der Waals surface area contributed by atoms with Crippen molar-refractivity contribution in [3.63, 3.8) is 0 Å². The minimum absolute atomic E-state index is 0.00824. The molecule has 0 bridgehead atoms. The van der Waals surface area contributed by atoms with Crippen LogP contribution in [-0.4, -0.2) is 48.2 Å². The first-order valence-corrected chi connectivity index (χ1v) is 4.97. The van der Waals surface area contributed by atoms with Crippen molar-refractivity contribution in [3.8, 4) is 0 Å². The van der Waals surface area contributed by atoms with Crippen molar-refractivity contribution in [3.05, 3.63) is 0 Å². The van der Waals surface area contributed by atoms with Crippen LogP contribution in [0.25, 0.3) is 0 Å². The first-order chi connectivity index (χ1) is 6.93. The Bertz CT molecular complexity index is 147. The molecule has 0 aromatic heterocycles. The second-order valence-electron chi connectivity index (χ2n) is 3.10. The molecule has 5 nitrogen and oxygen atoms in total. The van der Waals surface area contributed by atoms with E-state index in [0.29, 0.717) is 13.2 Å². The summed E-state index contributed by atoms with van der Waals surface area (Å²) in [6, 6.07) is 0. The molecule has 15 heavy (non-hydrogen) atoms. The Morgan fingerprint density at radius 3 is 2.13 bits per heavy atom. The second-order valence-corrected chi connectivity index (χ2v) is 3.10. The third-order valence-corrected chi connectivity index (χ3v) is 1.24. The zero-order valence-corrected chi connectivity index (χ0v) is 9.90. The summed E-state index contributed by atoms with van der Waals surface area (Å²) in [5.74, 6) is -0.258. The van der Waals surface area contributed by atoms with E-state index < -0.39 is 6.10 Å². The number of aliphatic hydroxyl groups excluding tert-OH is 2. The average Bonchev–Trinajstić information content (AvgIpc) is 2.16. The SMILES string of the molecule is CC(O)CO.CCOC(C)COC(C)=O. The molecule has 5 heteroatoms. The highest BCUT2D eigenvalue weighted by Crippen LogP contribution is 1.90. The fourth-order valence-electron chi connectivity index (χ4n) is 0.567. The summed E-state index contributed by atoms with van der Waals surface area (Å²) in [5, 5.41) is 16.0. The van der Waals surface area contributed by atoms with Crippen LogP contribution in [0.1, 0.15) is 27.7 Å². The lowest BCUT2D eigenvalue weighted by molar-refractivity contribution is -0.144. The summed E-state index contributed by atoms with van der Waals surface area (Å²) in [6.07, 6.45) is -0.552. The van der Waals surface area contributed by atoms with Crippen molar-refractivity contribution in [1.82, 2.24) is 0 Å². The summed E-state index contributed by atoms with van der Waals surface area (Å²) in [4.78, 5) is 10.3. The van der Waals surface area contributed by atoms with Crippen molar-refractivity contribution in [1.29, 1.82) is 0 Å². The van der Waals surface area contributed by atoms with E-state index in [-0.39, 0.29) is 18.7 Å². The van der Waals surface area contributed by atoms with Crippen LogP contribution in [0.5, 0.6) is 0 Å². The van der Waals surface area contributed by atoms with Crippen LogP contribution in [-0.2, 0) is 14.3 Å². The Hall–Kier alpha value is -0.650. The van der Waals surface area contributed by atoms with E-state index in [4.69, 9.17) is 19.7 Å². The van der Waals surface area contributed by atoms with Crippen LogP contribution in [0.2, 0.25) is 0 Å². The van der Waals surface area contributed by atoms with Gasteiger partial charge in [-0.05, 0) is 20.8 Å². The molecule has 0 saturated carbocycles. The fourth-order valence-corrected chi connectivity index (χ4v) is 0.567. The van der Waals surface area contributed by atoms with Gasteiger partial charge in [-0.2, -0.15) is 0 Å². The summed E-state index contributed by atoms with van der Waals surface area (Å²) >= 11 is 0. The Labute approximate surface area is 91.0 Å². The van der Waals surface area contributed by atoms with Crippen molar-refractivity contribution in [2.24, 2.45) is 0 Å². The van der Waals surface area contributed by atoms with Gasteiger partial charge in [0.05, 0.1) is 18.8 Å². The topological polar surface area (TPSA) is 76.0 Å². The summed E-state index contributed by atoms with van der Waals surface area (Å²) < 4.78 is 9.81. The monoisotopic (exact) mass is 222 g/mol. The van der Waals surface area contributed by atoms with Crippen LogP contribution >= 0.6 is 0 Å². The van der Waals surface area contributed by atoms with Crippen LogP contribution in [0.4, 0.5) is 0 Å². The lowest BCUT2D eigenvalue weighted by Crippen LogP contribution is -2.17. The molecule has 0 rings (SSSR count). The van der Waals surface area contributed by atoms with Crippen LogP contribution in [0.3, 0.4) is 0 Å². The lowest BCUT2D eigenvalue weighted by atomic mass is 10.4. The van der Waals surface area contributed by atoms with Gasteiger partial charge >= 0.3 is 5.97 Å². The maximum atomic E-state index is 10.3. The highest BCUT2D eigenvalue weighted by molar-refractivity contribution is 5.65. The standard InChI is InChI=1S/C7H14O3.C3H8O2/c1-4-9-6(2)5-10-7(3)8;1-3(5)2-4/h6H,4-5H2,1-3H3;3-5H,2H2,1H3. The molecule has 92 valence electrons. The number of hydrogen-bond donors (Lipinski definition) is 2. The van der Waals surface area contributed by atoms with Gasteiger partial charge in [-0.3, -0.25) is 4.79 Å². The predicted octanol–water partition coefficient (Wildman–Crippen LogP) is 0.334. The molecule has 0 aromatic rings. The van der Waals surface area contributed by atoms with Crippen molar-refractivity contribution < 1.29 is 24.5 Å². The Morgan fingerprint density at radius 1 is 1.40 bits per heavy atom. The summed E-state index contributed by atoms with van der Waals surface area (Å²) in [7, 11) is 0. The smallest absolute Gasteiger partial charge is 0.302 e. The molecule has 0 aliphatic heterocycles. The molecule has 2 N–H and O–H groups in total. The molecule has 2 atom stereocenters. The molecule has 0 fully saturated rings. The average molecular weight is 222 g/mol. The summed E-state index contributed by atoms with van der Waals surface area (Å²) in [6.45, 7) is 7.56. The van der Waals surface area contributed by atoms with Crippen LogP contribution in [0.15, 0.2) is 0 Å². The zero-order valence-electron chi connectivity index (χ0n) is 9.90. The van der Waals surface area contributed by atoms with E-state index in [2.05, 4.69) is 0 Å². The first-order valence-electron chi connectivity index (χ1n) is 4.97.